The van der Waals surface area contributed by atoms with Gasteiger partial charge < -0.3 is 14.5 Å². The number of methoxy groups -OCH3 is 1. The second-order valence-electron chi connectivity index (χ2n) is 5.27. The summed E-state index contributed by atoms with van der Waals surface area (Å²) in [6.45, 7) is 0. The number of nitro benzene ring substituents is 1. The molecule has 128 valence electrons. The third kappa shape index (κ3) is 3.56. The van der Waals surface area contributed by atoms with Crippen LogP contribution in [0.2, 0.25) is 5.02 Å². The molecule has 25 heavy (non-hydrogen) atoms. The number of hydrogen-bond donors (Lipinski definition) is 1. The maximum absolute atomic E-state index is 12.3. The smallest absolute Gasteiger partial charge is 0.271 e. The van der Waals surface area contributed by atoms with Crippen molar-refractivity contribution in [2.75, 3.05) is 12.4 Å². The second-order valence-corrected chi connectivity index (χ2v) is 5.68. The Bertz CT molecular complexity index is 967. The van der Waals surface area contributed by atoms with Crippen LogP contribution in [0.15, 0.2) is 47.1 Å². The summed E-state index contributed by atoms with van der Waals surface area (Å²) >= 11 is 5.98. The minimum Gasteiger partial charge on any atom is -0.497 e. The van der Waals surface area contributed by atoms with Gasteiger partial charge in [-0.3, -0.25) is 14.9 Å². The average Bonchev–Trinajstić information content (AvgIpc) is 2.98. The molecule has 0 unspecified atom stereocenters. The maximum atomic E-state index is 12.3. The maximum Gasteiger partial charge on any atom is 0.271 e. The summed E-state index contributed by atoms with van der Waals surface area (Å²) in [7, 11) is 1.56. The molecule has 8 heteroatoms. The molecule has 1 heterocycles. The molecule has 0 aliphatic carbocycles. The molecule has 0 spiro atoms. The average molecular weight is 361 g/mol. The van der Waals surface area contributed by atoms with E-state index in [0.29, 0.717) is 22.6 Å². The topological polar surface area (TPSA) is 94.6 Å². The molecule has 0 atom stereocenters. The summed E-state index contributed by atoms with van der Waals surface area (Å²) < 4.78 is 10.6. The van der Waals surface area contributed by atoms with Crippen molar-refractivity contribution >= 4 is 39.9 Å². The van der Waals surface area contributed by atoms with Crippen molar-refractivity contribution in [3.8, 4) is 5.75 Å². The molecule has 0 saturated carbocycles. The van der Waals surface area contributed by atoms with Crippen molar-refractivity contribution in [3.63, 3.8) is 0 Å². The van der Waals surface area contributed by atoms with Gasteiger partial charge >= 0.3 is 0 Å². The molecule has 1 amide bonds. The molecule has 1 aromatic heterocycles. The van der Waals surface area contributed by atoms with Crippen LogP contribution in [-0.4, -0.2) is 17.9 Å². The van der Waals surface area contributed by atoms with Gasteiger partial charge in [0.1, 0.15) is 11.3 Å². The first-order valence-electron chi connectivity index (χ1n) is 7.26. The normalized spacial score (nSPS) is 10.6. The summed E-state index contributed by atoms with van der Waals surface area (Å²) in [5, 5.41) is 14.2. The van der Waals surface area contributed by atoms with E-state index >= 15 is 0 Å². The van der Waals surface area contributed by atoms with Gasteiger partial charge in [0, 0.05) is 23.1 Å². The quantitative estimate of drug-likeness (QED) is 0.544. The van der Waals surface area contributed by atoms with Gasteiger partial charge in [0.05, 0.1) is 35.4 Å². The summed E-state index contributed by atoms with van der Waals surface area (Å²) in [4.78, 5) is 22.4. The lowest BCUT2D eigenvalue weighted by molar-refractivity contribution is -0.384. The molecule has 7 nitrogen and oxygen atoms in total. The van der Waals surface area contributed by atoms with Crippen molar-refractivity contribution < 1.29 is 18.9 Å². The Labute approximate surface area is 147 Å². The predicted molar refractivity (Wildman–Crippen MR) is 93.2 cm³/mol. The lowest BCUT2D eigenvalue weighted by Crippen LogP contribution is -2.14. The summed E-state index contributed by atoms with van der Waals surface area (Å²) in [6, 6.07) is 9.19. The Balaban J connectivity index is 1.78. The lowest BCUT2D eigenvalue weighted by Gasteiger charge is -2.07. The van der Waals surface area contributed by atoms with Gasteiger partial charge in [0.15, 0.2) is 0 Å². The van der Waals surface area contributed by atoms with Crippen LogP contribution in [0.5, 0.6) is 5.75 Å². The molecule has 2 aromatic carbocycles. The number of halogens is 1. The molecule has 0 saturated heterocycles. The molecule has 1 N–H and O–H groups in total. The molecule has 0 bridgehead atoms. The second kappa shape index (κ2) is 6.82. The Morgan fingerprint density at radius 3 is 2.80 bits per heavy atom. The van der Waals surface area contributed by atoms with Gasteiger partial charge in [-0.15, -0.1) is 0 Å². The van der Waals surface area contributed by atoms with E-state index in [4.69, 9.17) is 20.8 Å². The fourth-order valence-electron chi connectivity index (χ4n) is 2.41. The number of rotatable bonds is 5. The van der Waals surface area contributed by atoms with Crippen LogP contribution < -0.4 is 10.1 Å². The first-order chi connectivity index (χ1) is 12.0. The Morgan fingerprint density at radius 1 is 1.32 bits per heavy atom. The highest BCUT2D eigenvalue weighted by Gasteiger charge is 2.14. The van der Waals surface area contributed by atoms with Crippen LogP contribution in [-0.2, 0) is 11.2 Å². The third-order valence-corrected chi connectivity index (χ3v) is 3.96. The van der Waals surface area contributed by atoms with E-state index in [1.165, 1.54) is 24.5 Å². The first kappa shape index (κ1) is 16.8. The number of fused-ring (bicyclic) bond motifs is 1. The molecule has 3 rings (SSSR count). The van der Waals surface area contributed by atoms with Crippen LogP contribution in [0.4, 0.5) is 11.4 Å². The molecule has 0 radical (unpaired) electrons. The largest absolute Gasteiger partial charge is 0.497 e. The molecule has 0 fully saturated rings. The summed E-state index contributed by atoms with van der Waals surface area (Å²) in [5.41, 5.74) is 1.51. The van der Waals surface area contributed by atoms with E-state index in [9.17, 15) is 14.9 Å². The van der Waals surface area contributed by atoms with Crippen molar-refractivity contribution in [1.29, 1.82) is 0 Å². The zero-order valence-electron chi connectivity index (χ0n) is 13.1. The van der Waals surface area contributed by atoms with E-state index in [0.717, 1.165) is 5.39 Å². The Hall–Kier alpha value is -3.06. The van der Waals surface area contributed by atoms with Crippen LogP contribution in [0.25, 0.3) is 11.0 Å². The number of non-ortho nitro benzene ring substituents is 1. The minimum absolute atomic E-state index is 0.0630. The number of hydrogen-bond acceptors (Lipinski definition) is 5. The van der Waals surface area contributed by atoms with Crippen LogP contribution >= 0.6 is 11.6 Å². The molecule has 3 aromatic rings. The highest BCUT2D eigenvalue weighted by Crippen LogP contribution is 2.28. The van der Waals surface area contributed by atoms with E-state index < -0.39 is 4.92 Å². The van der Waals surface area contributed by atoms with Crippen LogP contribution in [0.3, 0.4) is 0 Å². The number of nitro groups is 1. The molecule has 0 aliphatic rings. The van der Waals surface area contributed by atoms with Crippen molar-refractivity contribution in [1.82, 2.24) is 0 Å². The van der Waals surface area contributed by atoms with Gasteiger partial charge in [-0.25, -0.2) is 0 Å². The van der Waals surface area contributed by atoms with E-state index in [-0.39, 0.29) is 23.0 Å². The molecule has 0 aliphatic heterocycles. The number of benzene rings is 2. The van der Waals surface area contributed by atoms with E-state index in [2.05, 4.69) is 5.32 Å². The lowest BCUT2D eigenvalue weighted by atomic mass is 10.1. The number of amides is 1. The SMILES string of the molecule is COc1ccc2occ(CC(=O)Nc3ccc([N+](=O)[O-])cc3Cl)c2c1. The number of anilines is 1. The van der Waals surface area contributed by atoms with E-state index in [1.54, 1.807) is 25.3 Å². The Morgan fingerprint density at radius 2 is 2.12 bits per heavy atom. The van der Waals surface area contributed by atoms with Crippen molar-refractivity contribution in [2.24, 2.45) is 0 Å². The van der Waals surface area contributed by atoms with Gasteiger partial charge in [-0.1, -0.05) is 11.6 Å². The number of ether oxygens (including phenoxy) is 1. The van der Waals surface area contributed by atoms with Crippen molar-refractivity contribution in [3.05, 3.63) is 63.4 Å². The zero-order valence-corrected chi connectivity index (χ0v) is 13.9. The van der Waals surface area contributed by atoms with Gasteiger partial charge in [-0.05, 0) is 24.3 Å². The number of carbonyl (C=O) groups excluding carboxylic acids is 1. The number of nitrogens with one attached hydrogen (secondary N) is 1. The number of nitrogens with zero attached hydrogens (tertiary/aromatic N) is 1. The molecular formula is C17H13ClN2O5. The fraction of sp³-hybridized carbons (Fsp3) is 0.118. The summed E-state index contributed by atoms with van der Waals surface area (Å²) in [6.07, 6.45) is 1.58. The third-order valence-electron chi connectivity index (χ3n) is 3.65. The predicted octanol–water partition coefficient (Wildman–Crippen LogP) is 4.18. The Kier molecular flexibility index (Phi) is 4.58. The van der Waals surface area contributed by atoms with Crippen LogP contribution in [0, 0.1) is 10.1 Å². The number of carbonyl (C=O) groups is 1. The summed E-state index contributed by atoms with van der Waals surface area (Å²) in [5.74, 6) is 0.343. The van der Waals surface area contributed by atoms with Gasteiger partial charge in [0.2, 0.25) is 5.91 Å². The van der Waals surface area contributed by atoms with Gasteiger partial charge in [-0.2, -0.15) is 0 Å². The number of furan rings is 1. The highest BCUT2D eigenvalue weighted by atomic mass is 35.5. The highest BCUT2D eigenvalue weighted by molar-refractivity contribution is 6.34. The fourth-order valence-corrected chi connectivity index (χ4v) is 2.63. The standard InChI is InChI=1S/C17H13ClN2O5/c1-24-12-3-5-16-13(8-12)10(9-25-16)6-17(21)19-15-4-2-11(20(22)23)7-14(15)18/h2-5,7-9H,6H2,1H3,(H,19,21). The van der Waals surface area contributed by atoms with Crippen LogP contribution in [0.1, 0.15) is 5.56 Å². The van der Waals surface area contributed by atoms with Gasteiger partial charge in [0.25, 0.3) is 5.69 Å². The zero-order chi connectivity index (χ0) is 18.0. The van der Waals surface area contributed by atoms with Crippen molar-refractivity contribution in [2.45, 2.75) is 6.42 Å². The minimum atomic E-state index is -0.553. The first-order valence-corrected chi connectivity index (χ1v) is 7.63. The monoisotopic (exact) mass is 360 g/mol. The molecular weight excluding hydrogens is 348 g/mol. The van der Waals surface area contributed by atoms with E-state index in [1.807, 2.05) is 0 Å².